The maximum atomic E-state index is 10.9. The van der Waals surface area contributed by atoms with E-state index in [0.29, 0.717) is 5.75 Å². The predicted octanol–water partition coefficient (Wildman–Crippen LogP) is 1.45. The molecule has 1 aromatic carbocycles. The van der Waals surface area contributed by atoms with Gasteiger partial charge in [-0.25, -0.2) is 8.42 Å². The van der Waals surface area contributed by atoms with Gasteiger partial charge in [-0.2, -0.15) is 0 Å². The van der Waals surface area contributed by atoms with Gasteiger partial charge in [0.25, 0.3) is 0 Å². The Balaban J connectivity index is 2.48. The second-order valence-electron chi connectivity index (χ2n) is 3.69. The van der Waals surface area contributed by atoms with Gasteiger partial charge in [-0.1, -0.05) is 12.1 Å². The van der Waals surface area contributed by atoms with Gasteiger partial charge >= 0.3 is 5.97 Å². The first-order valence-electron chi connectivity index (χ1n) is 4.98. The van der Waals surface area contributed by atoms with Gasteiger partial charge in [-0.15, -0.1) is 11.8 Å². The highest BCUT2D eigenvalue weighted by Crippen LogP contribution is 2.18. The van der Waals surface area contributed by atoms with Crippen LogP contribution in [-0.4, -0.2) is 37.3 Å². The van der Waals surface area contributed by atoms with E-state index in [9.17, 15) is 13.2 Å². The van der Waals surface area contributed by atoms with Gasteiger partial charge in [-0.3, -0.25) is 4.79 Å². The molecular weight excluding hydrogens is 260 g/mol. The summed E-state index contributed by atoms with van der Waals surface area (Å²) in [7, 11) is -2.92. The fourth-order valence-corrected chi connectivity index (χ4v) is 3.30. The zero-order chi connectivity index (χ0) is 12.9. The van der Waals surface area contributed by atoms with Crippen molar-refractivity contribution in [2.24, 2.45) is 0 Å². The normalized spacial score (nSPS) is 11.4. The third-order valence-corrected chi connectivity index (χ3v) is 4.22. The molecule has 1 rings (SSSR count). The van der Waals surface area contributed by atoms with Crippen molar-refractivity contribution in [1.82, 2.24) is 0 Å². The van der Waals surface area contributed by atoms with E-state index in [1.165, 1.54) is 18.0 Å². The van der Waals surface area contributed by atoms with E-state index in [1.807, 2.05) is 12.1 Å². The van der Waals surface area contributed by atoms with Crippen LogP contribution in [0.15, 0.2) is 29.2 Å². The summed E-state index contributed by atoms with van der Waals surface area (Å²) in [6.07, 6.45) is 1.22. The number of carboxylic acid groups (broad SMARTS) is 1. The van der Waals surface area contributed by atoms with Crippen molar-refractivity contribution in [2.75, 3.05) is 17.8 Å². The van der Waals surface area contributed by atoms with Crippen LogP contribution in [0.3, 0.4) is 0 Å². The van der Waals surface area contributed by atoms with Crippen molar-refractivity contribution >= 4 is 27.6 Å². The van der Waals surface area contributed by atoms with Crippen molar-refractivity contribution in [1.29, 1.82) is 0 Å². The van der Waals surface area contributed by atoms with Gasteiger partial charge in [0, 0.05) is 16.9 Å². The molecule has 0 saturated heterocycles. The molecule has 1 aromatic rings. The van der Waals surface area contributed by atoms with Gasteiger partial charge in [0.2, 0.25) is 0 Å². The molecule has 0 radical (unpaired) electrons. The molecule has 0 saturated carbocycles. The smallest absolute Gasteiger partial charge is 0.307 e. The van der Waals surface area contributed by atoms with Crippen molar-refractivity contribution in [3.8, 4) is 0 Å². The van der Waals surface area contributed by atoms with Gasteiger partial charge in [0.05, 0.1) is 12.2 Å². The first kappa shape index (κ1) is 14.1. The van der Waals surface area contributed by atoms with Crippen molar-refractivity contribution in [3.63, 3.8) is 0 Å². The molecule has 0 heterocycles. The van der Waals surface area contributed by atoms with E-state index in [4.69, 9.17) is 5.11 Å². The quantitative estimate of drug-likeness (QED) is 0.795. The van der Waals surface area contributed by atoms with Crippen LogP contribution in [0.5, 0.6) is 0 Å². The molecule has 0 spiro atoms. The molecular formula is C11H14O4S2. The maximum absolute atomic E-state index is 10.9. The lowest BCUT2D eigenvalue weighted by Crippen LogP contribution is -2.04. The molecule has 0 aliphatic heterocycles. The van der Waals surface area contributed by atoms with E-state index in [0.717, 1.165) is 10.5 Å². The summed E-state index contributed by atoms with van der Waals surface area (Å²) < 4.78 is 21.8. The third kappa shape index (κ3) is 6.33. The number of aliphatic carboxylic acids is 1. The first-order chi connectivity index (χ1) is 7.87. The Morgan fingerprint density at radius 3 is 2.35 bits per heavy atom. The SMILES string of the molecule is CS(=O)(=O)CCSc1ccc(CC(=O)O)cc1. The minimum Gasteiger partial charge on any atom is -0.481 e. The van der Waals surface area contributed by atoms with Gasteiger partial charge in [-0.05, 0) is 17.7 Å². The molecule has 1 N–H and O–H groups in total. The topological polar surface area (TPSA) is 71.4 Å². The highest BCUT2D eigenvalue weighted by molar-refractivity contribution is 8.00. The Morgan fingerprint density at radius 2 is 1.88 bits per heavy atom. The van der Waals surface area contributed by atoms with Crippen LogP contribution in [0.4, 0.5) is 0 Å². The van der Waals surface area contributed by atoms with Crippen LogP contribution in [0.2, 0.25) is 0 Å². The average molecular weight is 274 g/mol. The van der Waals surface area contributed by atoms with Crippen molar-refractivity contribution in [2.45, 2.75) is 11.3 Å². The van der Waals surface area contributed by atoms with E-state index in [1.54, 1.807) is 12.1 Å². The van der Waals surface area contributed by atoms with Crippen LogP contribution in [0, 0.1) is 0 Å². The molecule has 0 bridgehead atoms. The Bertz CT molecular complexity index is 477. The second kappa shape index (κ2) is 6.07. The van der Waals surface area contributed by atoms with E-state index >= 15 is 0 Å². The zero-order valence-electron chi connectivity index (χ0n) is 9.42. The largest absolute Gasteiger partial charge is 0.481 e. The van der Waals surface area contributed by atoms with Crippen LogP contribution >= 0.6 is 11.8 Å². The lowest BCUT2D eigenvalue weighted by molar-refractivity contribution is -0.136. The molecule has 0 aromatic heterocycles. The molecule has 17 heavy (non-hydrogen) atoms. The van der Waals surface area contributed by atoms with Gasteiger partial charge < -0.3 is 5.11 Å². The van der Waals surface area contributed by atoms with Gasteiger partial charge in [0.1, 0.15) is 9.84 Å². The lowest BCUT2D eigenvalue weighted by atomic mass is 10.2. The average Bonchev–Trinajstić information content (AvgIpc) is 2.18. The Labute approximate surface area is 105 Å². The molecule has 4 nitrogen and oxygen atoms in total. The number of hydrogen-bond acceptors (Lipinski definition) is 4. The number of benzene rings is 1. The van der Waals surface area contributed by atoms with E-state index in [-0.39, 0.29) is 12.2 Å². The van der Waals surface area contributed by atoms with Crippen LogP contribution in [0.25, 0.3) is 0 Å². The maximum Gasteiger partial charge on any atom is 0.307 e. The molecule has 0 fully saturated rings. The summed E-state index contributed by atoms with van der Waals surface area (Å²) in [5.41, 5.74) is 0.741. The summed E-state index contributed by atoms with van der Waals surface area (Å²) >= 11 is 1.45. The number of hydrogen-bond donors (Lipinski definition) is 1. The summed E-state index contributed by atoms with van der Waals surface area (Å²) in [4.78, 5) is 11.4. The number of carbonyl (C=O) groups is 1. The highest BCUT2D eigenvalue weighted by Gasteiger charge is 2.03. The Morgan fingerprint density at radius 1 is 1.29 bits per heavy atom. The van der Waals surface area contributed by atoms with Crippen molar-refractivity contribution < 1.29 is 18.3 Å². The number of carboxylic acids is 1. The molecule has 6 heteroatoms. The summed E-state index contributed by atoms with van der Waals surface area (Å²) in [5, 5.41) is 8.60. The Kier molecular flexibility index (Phi) is 5.02. The molecule has 0 amide bonds. The minimum absolute atomic E-state index is 0.00822. The van der Waals surface area contributed by atoms with E-state index < -0.39 is 15.8 Å². The van der Waals surface area contributed by atoms with Crippen LogP contribution in [-0.2, 0) is 21.1 Å². The van der Waals surface area contributed by atoms with Crippen molar-refractivity contribution in [3.05, 3.63) is 29.8 Å². The van der Waals surface area contributed by atoms with Gasteiger partial charge in [0.15, 0.2) is 0 Å². The molecule has 94 valence electrons. The summed E-state index contributed by atoms with van der Waals surface area (Å²) in [5.74, 6) is -0.200. The summed E-state index contributed by atoms with van der Waals surface area (Å²) in [6.45, 7) is 0. The highest BCUT2D eigenvalue weighted by atomic mass is 32.2. The van der Waals surface area contributed by atoms with Crippen LogP contribution < -0.4 is 0 Å². The number of rotatable bonds is 6. The monoisotopic (exact) mass is 274 g/mol. The zero-order valence-corrected chi connectivity index (χ0v) is 11.1. The van der Waals surface area contributed by atoms with Crippen LogP contribution in [0.1, 0.15) is 5.56 Å². The van der Waals surface area contributed by atoms with E-state index in [2.05, 4.69) is 0 Å². The molecule has 0 aliphatic carbocycles. The predicted molar refractivity (Wildman–Crippen MR) is 68.2 cm³/mol. The fourth-order valence-electron chi connectivity index (χ4n) is 1.19. The molecule has 0 atom stereocenters. The third-order valence-electron chi connectivity index (χ3n) is 2.00. The fraction of sp³-hybridized carbons (Fsp3) is 0.364. The number of thioether (sulfide) groups is 1. The minimum atomic E-state index is -2.92. The summed E-state index contributed by atoms with van der Waals surface area (Å²) in [6, 6.07) is 7.12. The number of sulfone groups is 1. The Hall–Kier alpha value is -1.01. The first-order valence-corrected chi connectivity index (χ1v) is 8.03. The lowest BCUT2D eigenvalue weighted by Gasteiger charge is -2.02. The molecule has 0 aliphatic rings. The standard InChI is InChI=1S/C11H14O4S2/c1-17(14,15)7-6-16-10-4-2-9(3-5-10)8-11(12)13/h2-5H,6-8H2,1H3,(H,12,13). The second-order valence-corrected chi connectivity index (χ2v) is 7.12. The molecule has 0 unspecified atom stereocenters.